The van der Waals surface area contributed by atoms with Gasteiger partial charge in [0.05, 0.1) is 16.8 Å². The van der Waals surface area contributed by atoms with Crippen molar-refractivity contribution in [2.75, 3.05) is 10.8 Å². The maximum atomic E-state index is 13.5. The molecule has 1 N–H and O–H groups in total. The molecule has 7 nitrogen and oxygen atoms in total. The summed E-state index contributed by atoms with van der Waals surface area (Å²) in [6.45, 7) is 7.32. The average Bonchev–Trinajstić information content (AvgIpc) is 3.16. The normalized spacial score (nSPS) is 11.6. The topological polar surface area (TPSA) is 83.8 Å². The molecule has 0 atom stereocenters. The lowest BCUT2D eigenvalue weighted by molar-refractivity contribution is -0.119. The monoisotopic (exact) mass is 548 g/mol. The Bertz CT molecular complexity index is 1610. The molecule has 38 heavy (non-hydrogen) atoms. The summed E-state index contributed by atoms with van der Waals surface area (Å²) in [4.78, 5) is 13.0. The van der Waals surface area contributed by atoms with Crippen molar-refractivity contribution in [2.24, 2.45) is 5.10 Å². The van der Waals surface area contributed by atoms with E-state index in [0.29, 0.717) is 16.3 Å². The molecule has 0 aliphatic heterocycles. The number of carbonyl (C=O) groups excluding carboxylic acids is 1. The van der Waals surface area contributed by atoms with Gasteiger partial charge in [0.1, 0.15) is 6.54 Å². The zero-order chi connectivity index (χ0) is 27.4. The van der Waals surface area contributed by atoms with E-state index in [2.05, 4.69) is 21.2 Å². The van der Waals surface area contributed by atoms with E-state index in [-0.39, 0.29) is 4.90 Å². The smallest absolute Gasteiger partial charge is 0.264 e. The fraction of sp³-hybridized carbons (Fsp3) is 0.172. The first-order valence-corrected chi connectivity index (χ1v) is 13.8. The zero-order valence-electron chi connectivity index (χ0n) is 21.6. The number of hydrogen-bond donors (Lipinski definition) is 1. The lowest BCUT2D eigenvalue weighted by Gasteiger charge is -2.25. The SMILES string of the molecule is Cc1cccc(-n2c(C)cc(/C=N/NC(=O)CN(c3ccc(Cl)cc3C)S(=O)(=O)c3ccccc3)c2C)c1. The molecule has 4 rings (SSSR count). The van der Waals surface area contributed by atoms with Crippen LogP contribution in [0.4, 0.5) is 5.69 Å². The van der Waals surface area contributed by atoms with Gasteiger partial charge >= 0.3 is 0 Å². The van der Waals surface area contributed by atoms with Crippen molar-refractivity contribution in [2.45, 2.75) is 32.6 Å². The van der Waals surface area contributed by atoms with E-state index in [0.717, 1.165) is 32.5 Å². The van der Waals surface area contributed by atoms with Gasteiger partial charge in [-0.05, 0) is 87.4 Å². The third-order valence-electron chi connectivity index (χ3n) is 6.17. The van der Waals surface area contributed by atoms with Gasteiger partial charge in [0.25, 0.3) is 15.9 Å². The molecule has 0 saturated heterocycles. The molecule has 0 radical (unpaired) electrons. The van der Waals surface area contributed by atoms with Crippen LogP contribution in [-0.2, 0) is 14.8 Å². The molecule has 0 saturated carbocycles. The number of benzene rings is 3. The molecule has 196 valence electrons. The van der Waals surface area contributed by atoms with Crippen LogP contribution in [0.1, 0.15) is 28.1 Å². The number of rotatable bonds is 8. The van der Waals surface area contributed by atoms with Gasteiger partial charge in [0, 0.05) is 27.7 Å². The van der Waals surface area contributed by atoms with Gasteiger partial charge in [0.15, 0.2) is 0 Å². The van der Waals surface area contributed by atoms with Crippen LogP contribution in [0.3, 0.4) is 0 Å². The lowest BCUT2D eigenvalue weighted by Crippen LogP contribution is -2.40. The summed E-state index contributed by atoms with van der Waals surface area (Å²) in [7, 11) is -4.03. The molecular weight excluding hydrogens is 520 g/mol. The quantitative estimate of drug-likeness (QED) is 0.226. The van der Waals surface area contributed by atoms with Crippen LogP contribution in [-0.4, -0.2) is 31.7 Å². The Morgan fingerprint density at radius 3 is 2.39 bits per heavy atom. The fourth-order valence-electron chi connectivity index (χ4n) is 4.34. The van der Waals surface area contributed by atoms with E-state index in [9.17, 15) is 13.2 Å². The summed E-state index contributed by atoms with van der Waals surface area (Å²) in [5.41, 5.74) is 8.50. The van der Waals surface area contributed by atoms with Crippen molar-refractivity contribution in [1.82, 2.24) is 9.99 Å². The van der Waals surface area contributed by atoms with E-state index in [1.807, 2.05) is 45.0 Å². The van der Waals surface area contributed by atoms with Crippen LogP contribution in [0.5, 0.6) is 0 Å². The first-order valence-electron chi connectivity index (χ1n) is 12.0. The van der Waals surface area contributed by atoms with Crippen molar-refractivity contribution < 1.29 is 13.2 Å². The minimum absolute atomic E-state index is 0.0780. The Labute approximate surface area is 228 Å². The predicted molar refractivity (Wildman–Crippen MR) is 153 cm³/mol. The highest BCUT2D eigenvalue weighted by Crippen LogP contribution is 2.29. The summed E-state index contributed by atoms with van der Waals surface area (Å²) < 4.78 is 30.2. The van der Waals surface area contributed by atoms with Gasteiger partial charge in [-0.15, -0.1) is 0 Å². The van der Waals surface area contributed by atoms with E-state index < -0.39 is 22.5 Å². The minimum Gasteiger partial charge on any atom is -0.318 e. The van der Waals surface area contributed by atoms with Gasteiger partial charge in [-0.25, -0.2) is 13.8 Å². The van der Waals surface area contributed by atoms with Gasteiger partial charge in [-0.3, -0.25) is 9.10 Å². The van der Waals surface area contributed by atoms with Crippen LogP contribution in [0.15, 0.2) is 88.9 Å². The standard InChI is InChI=1S/C29H29ClN4O3S/c1-20-9-8-10-26(15-20)34-22(3)17-24(23(34)4)18-31-32-29(35)19-33(28-14-13-25(30)16-21(28)2)38(36,37)27-11-6-5-7-12-27/h5-18H,19H2,1-4H3,(H,32,35)/b31-18+. The number of aryl methyl sites for hydroxylation is 3. The first-order chi connectivity index (χ1) is 18.1. The number of anilines is 1. The molecular formula is C29H29ClN4O3S. The molecule has 0 fully saturated rings. The number of sulfonamides is 1. The fourth-order valence-corrected chi connectivity index (χ4v) is 6.07. The van der Waals surface area contributed by atoms with E-state index >= 15 is 0 Å². The molecule has 1 heterocycles. The highest BCUT2D eigenvalue weighted by atomic mass is 35.5. The number of amides is 1. The molecule has 0 spiro atoms. The predicted octanol–water partition coefficient (Wildman–Crippen LogP) is 5.71. The maximum Gasteiger partial charge on any atom is 0.264 e. The van der Waals surface area contributed by atoms with Crippen LogP contribution in [0.2, 0.25) is 5.02 Å². The largest absolute Gasteiger partial charge is 0.318 e. The molecule has 9 heteroatoms. The summed E-state index contributed by atoms with van der Waals surface area (Å²) in [5.74, 6) is -0.581. The number of aromatic nitrogens is 1. The highest BCUT2D eigenvalue weighted by Gasteiger charge is 2.28. The maximum absolute atomic E-state index is 13.5. The Kier molecular flexibility index (Phi) is 8.04. The number of hydrogen-bond acceptors (Lipinski definition) is 4. The molecule has 4 aromatic rings. The minimum atomic E-state index is -4.03. The molecule has 0 aliphatic carbocycles. The lowest BCUT2D eigenvalue weighted by atomic mass is 10.2. The third-order valence-corrected chi connectivity index (χ3v) is 8.18. The van der Waals surface area contributed by atoms with Crippen LogP contribution < -0.4 is 9.73 Å². The number of carbonyl (C=O) groups is 1. The molecule has 0 aliphatic rings. The second kappa shape index (κ2) is 11.2. The van der Waals surface area contributed by atoms with E-state index in [1.54, 1.807) is 49.5 Å². The molecule has 0 unspecified atom stereocenters. The summed E-state index contributed by atoms with van der Waals surface area (Å²) in [6, 6.07) is 23.0. The Hall–Kier alpha value is -3.88. The van der Waals surface area contributed by atoms with Crippen molar-refractivity contribution in [3.05, 3.63) is 112 Å². The second-order valence-electron chi connectivity index (χ2n) is 9.05. The molecule has 3 aromatic carbocycles. The van der Waals surface area contributed by atoms with Crippen molar-refractivity contribution in [3.63, 3.8) is 0 Å². The molecule has 1 aromatic heterocycles. The van der Waals surface area contributed by atoms with E-state index in [4.69, 9.17) is 11.6 Å². The number of nitrogens with one attached hydrogen (secondary N) is 1. The Morgan fingerprint density at radius 1 is 0.974 bits per heavy atom. The number of halogens is 1. The molecule has 0 bridgehead atoms. The van der Waals surface area contributed by atoms with Gasteiger partial charge in [-0.1, -0.05) is 41.9 Å². The summed E-state index contributed by atoms with van der Waals surface area (Å²) in [5, 5.41) is 4.60. The summed E-state index contributed by atoms with van der Waals surface area (Å²) >= 11 is 6.09. The van der Waals surface area contributed by atoms with Crippen LogP contribution in [0, 0.1) is 27.7 Å². The molecule has 1 amide bonds. The second-order valence-corrected chi connectivity index (χ2v) is 11.3. The van der Waals surface area contributed by atoms with Gasteiger partial charge in [0.2, 0.25) is 0 Å². The zero-order valence-corrected chi connectivity index (χ0v) is 23.2. The first kappa shape index (κ1) is 27.2. The average molecular weight is 549 g/mol. The summed E-state index contributed by atoms with van der Waals surface area (Å²) in [6.07, 6.45) is 1.57. The van der Waals surface area contributed by atoms with Gasteiger partial charge in [-0.2, -0.15) is 5.10 Å². The van der Waals surface area contributed by atoms with Crippen LogP contribution >= 0.6 is 11.6 Å². The number of nitrogens with zero attached hydrogens (tertiary/aromatic N) is 3. The highest BCUT2D eigenvalue weighted by molar-refractivity contribution is 7.92. The Morgan fingerprint density at radius 2 is 1.71 bits per heavy atom. The van der Waals surface area contributed by atoms with Crippen LogP contribution in [0.25, 0.3) is 5.69 Å². The Balaban J connectivity index is 1.57. The van der Waals surface area contributed by atoms with Crippen molar-refractivity contribution >= 4 is 39.4 Å². The van der Waals surface area contributed by atoms with Crippen molar-refractivity contribution in [3.8, 4) is 5.69 Å². The van der Waals surface area contributed by atoms with E-state index in [1.165, 1.54) is 12.1 Å². The third kappa shape index (κ3) is 5.82. The number of hydrazone groups is 1. The van der Waals surface area contributed by atoms with Gasteiger partial charge < -0.3 is 4.57 Å². The van der Waals surface area contributed by atoms with Crippen molar-refractivity contribution in [1.29, 1.82) is 0 Å².